The van der Waals surface area contributed by atoms with Gasteiger partial charge in [0.15, 0.2) is 11.5 Å². The molecule has 0 radical (unpaired) electrons. The number of rotatable bonds is 6. The van der Waals surface area contributed by atoms with Gasteiger partial charge in [0, 0.05) is 17.8 Å². The maximum Gasteiger partial charge on any atom is 0.259 e. The summed E-state index contributed by atoms with van der Waals surface area (Å²) in [6.07, 6.45) is 1.64. The Morgan fingerprint density at radius 2 is 1.70 bits per heavy atom. The number of hydrogen-bond donors (Lipinski definition) is 0. The zero-order valence-electron chi connectivity index (χ0n) is 16.3. The number of benzene rings is 2. The molecule has 0 unspecified atom stereocenters. The molecule has 0 amide bonds. The van der Waals surface area contributed by atoms with Gasteiger partial charge in [0.05, 0.1) is 26.3 Å². The predicted molar refractivity (Wildman–Crippen MR) is 108 cm³/mol. The minimum absolute atomic E-state index is 0.192. The van der Waals surface area contributed by atoms with Crippen molar-refractivity contribution in [3.8, 4) is 34.3 Å². The molecule has 0 bridgehead atoms. The van der Waals surface area contributed by atoms with Gasteiger partial charge in [-0.1, -0.05) is 17.3 Å². The largest absolute Gasteiger partial charge is 0.493 e. The van der Waals surface area contributed by atoms with Crippen LogP contribution in [0.2, 0.25) is 0 Å². The molecule has 4 rings (SSSR count). The van der Waals surface area contributed by atoms with Crippen molar-refractivity contribution in [3.05, 3.63) is 82.5 Å². The van der Waals surface area contributed by atoms with Crippen molar-refractivity contribution in [3.63, 3.8) is 0 Å². The molecule has 2 aromatic heterocycles. The molecule has 152 valence electrons. The van der Waals surface area contributed by atoms with Crippen molar-refractivity contribution in [2.45, 2.75) is 6.54 Å². The summed E-state index contributed by atoms with van der Waals surface area (Å²) in [5.41, 5.74) is 1.90. The highest BCUT2D eigenvalue weighted by molar-refractivity contribution is 5.63. The Hall–Kier alpha value is -3.94. The summed E-state index contributed by atoms with van der Waals surface area (Å²) < 4.78 is 30.6. The lowest BCUT2D eigenvalue weighted by Crippen LogP contribution is -2.19. The van der Waals surface area contributed by atoms with Crippen LogP contribution >= 0.6 is 0 Å². The van der Waals surface area contributed by atoms with Gasteiger partial charge in [0.1, 0.15) is 5.82 Å². The summed E-state index contributed by atoms with van der Waals surface area (Å²) in [6.45, 7) is 0.295. The van der Waals surface area contributed by atoms with Crippen molar-refractivity contribution >= 4 is 0 Å². The van der Waals surface area contributed by atoms with Crippen LogP contribution in [-0.4, -0.2) is 28.9 Å². The number of pyridine rings is 1. The Kier molecular flexibility index (Phi) is 5.30. The lowest BCUT2D eigenvalue weighted by molar-refractivity contribution is 0.355. The second kappa shape index (κ2) is 8.20. The lowest BCUT2D eigenvalue weighted by atomic mass is 10.2. The molecule has 2 heterocycles. The van der Waals surface area contributed by atoms with Crippen LogP contribution in [0.1, 0.15) is 5.56 Å². The van der Waals surface area contributed by atoms with E-state index in [0.29, 0.717) is 35.0 Å². The molecule has 0 N–H and O–H groups in total. The number of nitrogens with zero attached hydrogens (tertiary/aromatic N) is 3. The van der Waals surface area contributed by atoms with E-state index in [-0.39, 0.29) is 17.3 Å². The second-order valence-electron chi connectivity index (χ2n) is 6.50. The number of methoxy groups -OCH3 is 2. The first-order chi connectivity index (χ1) is 14.6. The third-order valence-corrected chi connectivity index (χ3v) is 4.56. The van der Waals surface area contributed by atoms with Gasteiger partial charge < -0.3 is 18.6 Å². The van der Waals surface area contributed by atoms with Crippen molar-refractivity contribution in [1.29, 1.82) is 0 Å². The molecule has 4 aromatic rings. The monoisotopic (exact) mass is 407 g/mol. The van der Waals surface area contributed by atoms with Crippen LogP contribution in [-0.2, 0) is 6.54 Å². The van der Waals surface area contributed by atoms with Crippen molar-refractivity contribution in [2.75, 3.05) is 14.2 Å². The van der Waals surface area contributed by atoms with Crippen LogP contribution in [0.25, 0.3) is 22.8 Å². The Labute approximate surface area is 171 Å². The minimum atomic E-state index is -0.326. The normalized spacial score (nSPS) is 10.8. The van der Waals surface area contributed by atoms with E-state index in [2.05, 4.69) is 10.1 Å². The average molecular weight is 407 g/mol. The van der Waals surface area contributed by atoms with E-state index in [9.17, 15) is 9.18 Å². The van der Waals surface area contributed by atoms with Gasteiger partial charge in [-0.3, -0.25) is 4.79 Å². The highest BCUT2D eigenvalue weighted by Gasteiger charge is 2.14. The molecule has 2 aromatic carbocycles. The number of ether oxygens (including phenoxy) is 2. The van der Waals surface area contributed by atoms with E-state index in [0.717, 1.165) is 5.56 Å². The highest BCUT2D eigenvalue weighted by atomic mass is 19.1. The summed E-state index contributed by atoms with van der Waals surface area (Å²) in [4.78, 5) is 16.7. The molecule has 0 atom stereocenters. The fourth-order valence-corrected chi connectivity index (χ4v) is 3.00. The summed E-state index contributed by atoms with van der Waals surface area (Å²) in [6, 6.07) is 14.3. The fraction of sp³-hybridized carbons (Fsp3) is 0.136. The summed E-state index contributed by atoms with van der Waals surface area (Å²) >= 11 is 0. The second-order valence-corrected chi connectivity index (χ2v) is 6.50. The van der Waals surface area contributed by atoms with Gasteiger partial charge in [-0.25, -0.2) is 4.39 Å². The van der Waals surface area contributed by atoms with Gasteiger partial charge >= 0.3 is 0 Å². The van der Waals surface area contributed by atoms with Gasteiger partial charge in [0.2, 0.25) is 5.82 Å². The van der Waals surface area contributed by atoms with E-state index in [1.807, 2.05) is 0 Å². The maximum absolute atomic E-state index is 13.1. The molecular formula is C22H18FN3O4. The first-order valence-corrected chi connectivity index (χ1v) is 9.09. The minimum Gasteiger partial charge on any atom is -0.493 e. The first-order valence-electron chi connectivity index (χ1n) is 9.09. The zero-order valence-corrected chi connectivity index (χ0v) is 16.3. The molecule has 0 saturated heterocycles. The Morgan fingerprint density at radius 1 is 0.967 bits per heavy atom. The maximum atomic E-state index is 13.1. The molecule has 8 heteroatoms. The van der Waals surface area contributed by atoms with Crippen molar-refractivity contribution in [2.24, 2.45) is 0 Å². The van der Waals surface area contributed by atoms with Crippen molar-refractivity contribution in [1.82, 2.24) is 14.7 Å². The van der Waals surface area contributed by atoms with Crippen molar-refractivity contribution < 1.29 is 18.4 Å². The molecule has 0 aliphatic carbocycles. The summed E-state index contributed by atoms with van der Waals surface area (Å²) in [5, 5.41) is 4.03. The molecule has 7 nitrogen and oxygen atoms in total. The predicted octanol–water partition coefficient (Wildman–Crippen LogP) is 3.77. The van der Waals surface area contributed by atoms with Crippen LogP contribution in [0.4, 0.5) is 4.39 Å². The van der Waals surface area contributed by atoms with Gasteiger partial charge in [0.25, 0.3) is 11.4 Å². The Morgan fingerprint density at radius 3 is 2.43 bits per heavy atom. The van der Waals surface area contributed by atoms with E-state index in [1.165, 1.54) is 22.8 Å². The molecular weight excluding hydrogens is 389 g/mol. The quantitative estimate of drug-likeness (QED) is 0.484. The van der Waals surface area contributed by atoms with Crippen LogP contribution in [0.5, 0.6) is 11.5 Å². The Bertz CT molecular complexity index is 1230. The first kappa shape index (κ1) is 19.4. The third-order valence-electron chi connectivity index (χ3n) is 4.56. The Balaban J connectivity index is 1.63. The van der Waals surface area contributed by atoms with E-state index in [4.69, 9.17) is 14.0 Å². The summed E-state index contributed by atoms with van der Waals surface area (Å²) in [5.74, 6) is 1.47. The molecule has 0 aliphatic rings. The van der Waals surface area contributed by atoms with Crippen LogP contribution in [0, 0.1) is 5.82 Å². The smallest absolute Gasteiger partial charge is 0.259 e. The molecule has 0 saturated carbocycles. The molecule has 30 heavy (non-hydrogen) atoms. The topological polar surface area (TPSA) is 79.4 Å². The van der Waals surface area contributed by atoms with Gasteiger partial charge in [-0.2, -0.15) is 4.98 Å². The number of aromatic nitrogens is 3. The SMILES string of the molecule is COc1ccc(-c2noc(-c3ccc(=O)n(Cc4ccc(F)cc4)c3)n2)cc1OC. The van der Waals surface area contributed by atoms with E-state index < -0.39 is 0 Å². The van der Waals surface area contributed by atoms with Crippen LogP contribution in [0.15, 0.2) is 70.1 Å². The highest BCUT2D eigenvalue weighted by Crippen LogP contribution is 2.31. The van der Waals surface area contributed by atoms with Crippen LogP contribution < -0.4 is 15.0 Å². The molecule has 0 aliphatic heterocycles. The number of halogens is 1. The fourth-order valence-electron chi connectivity index (χ4n) is 3.00. The number of hydrogen-bond acceptors (Lipinski definition) is 6. The van der Waals surface area contributed by atoms with Gasteiger partial charge in [-0.05, 0) is 42.0 Å². The molecule has 0 fully saturated rings. The van der Waals surface area contributed by atoms with E-state index in [1.54, 1.807) is 56.8 Å². The molecule has 0 spiro atoms. The third kappa shape index (κ3) is 3.93. The average Bonchev–Trinajstić information content (AvgIpc) is 3.26. The standard InChI is InChI=1S/C22H18FN3O4/c1-28-18-9-5-15(11-19(18)29-2)21-24-22(30-25-21)16-6-10-20(27)26(13-16)12-14-3-7-17(23)8-4-14/h3-11,13H,12H2,1-2H3. The summed E-state index contributed by atoms with van der Waals surface area (Å²) in [7, 11) is 3.11. The van der Waals surface area contributed by atoms with Crippen LogP contribution in [0.3, 0.4) is 0 Å². The lowest BCUT2D eigenvalue weighted by Gasteiger charge is -2.07. The van der Waals surface area contributed by atoms with Gasteiger partial charge in [-0.15, -0.1) is 0 Å². The zero-order chi connectivity index (χ0) is 21.1. The van der Waals surface area contributed by atoms with E-state index >= 15 is 0 Å².